The predicted octanol–water partition coefficient (Wildman–Crippen LogP) is 3.28. The van der Waals surface area contributed by atoms with Gasteiger partial charge in [0.2, 0.25) is 0 Å². The minimum absolute atomic E-state index is 0.113. The standard InChI is InChI=1S/C13H10ClFN2O3S/c1-6-5-21-10(13(19)20-2)9(6)17-12(18)8-3-7(15)4-16-11(8)14/h3-5H,1-2H3,(H,17,18). The third-order valence-electron chi connectivity index (χ3n) is 2.63. The third kappa shape index (κ3) is 3.20. The van der Waals surface area contributed by atoms with E-state index in [1.807, 2.05) is 0 Å². The van der Waals surface area contributed by atoms with Crippen LogP contribution in [0.5, 0.6) is 0 Å². The summed E-state index contributed by atoms with van der Waals surface area (Å²) in [5.74, 6) is -1.90. The van der Waals surface area contributed by atoms with Crippen LogP contribution < -0.4 is 5.32 Å². The number of nitrogens with one attached hydrogen (secondary N) is 1. The van der Waals surface area contributed by atoms with E-state index in [0.29, 0.717) is 11.3 Å². The highest BCUT2D eigenvalue weighted by Crippen LogP contribution is 2.29. The van der Waals surface area contributed by atoms with Gasteiger partial charge in [0.1, 0.15) is 15.8 Å². The van der Waals surface area contributed by atoms with Crippen molar-refractivity contribution < 1.29 is 18.7 Å². The molecule has 0 atom stereocenters. The Bertz CT molecular complexity index is 717. The number of anilines is 1. The van der Waals surface area contributed by atoms with Crippen LogP contribution in [0.15, 0.2) is 17.6 Å². The van der Waals surface area contributed by atoms with Crippen LogP contribution in [0.25, 0.3) is 0 Å². The quantitative estimate of drug-likeness (QED) is 0.693. The number of aryl methyl sites for hydroxylation is 1. The van der Waals surface area contributed by atoms with Gasteiger partial charge in [-0.1, -0.05) is 11.6 Å². The molecule has 0 saturated carbocycles. The molecule has 0 aliphatic carbocycles. The number of carbonyl (C=O) groups excluding carboxylic acids is 2. The maximum atomic E-state index is 13.2. The van der Waals surface area contributed by atoms with Crippen LogP contribution in [-0.2, 0) is 4.74 Å². The summed E-state index contributed by atoms with van der Waals surface area (Å²) in [7, 11) is 1.25. The summed E-state index contributed by atoms with van der Waals surface area (Å²) in [5, 5.41) is 4.12. The molecule has 0 spiro atoms. The minimum atomic E-state index is -0.681. The van der Waals surface area contributed by atoms with Gasteiger partial charge in [-0.3, -0.25) is 4.79 Å². The zero-order valence-electron chi connectivity index (χ0n) is 11.1. The van der Waals surface area contributed by atoms with Crippen molar-refractivity contribution in [1.29, 1.82) is 0 Å². The summed E-state index contributed by atoms with van der Waals surface area (Å²) in [6.07, 6.45) is 0.912. The first kappa shape index (κ1) is 15.4. The van der Waals surface area contributed by atoms with E-state index in [1.165, 1.54) is 7.11 Å². The van der Waals surface area contributed by atoms with Crippen LogP contribution in [0.3, 0.4) is 0 Å². The zero-order valence-corrected chi connectivity index (χ0v) is 12.6. The minimum Gasteiger partial charge on any atom is -0.465 e. The number of esters is 1. The molecule has 5 nitrogen and oxygen atoms in total. The van der Waals surface area contributed by atoms with Crippen molar-refractivity contribution in [3.8, 4) is 0 Å². The highest BCUT2D eigenvalue weighted by Gasteiger charge is 2.20. The summed E-state index contributed by atoms with van der Waals surface area (Å²) >= 11 is 6.91. The molecule has 0 saturated heterocycles. The second-order valence-corrected chi connectivity index (χ2v) is 5.30. The summed E-state index contributed by atoms with van der Waals surface area (Å²) in [5.41, 5.74) is 0.893. The molecule has 0 bridgehead atoms. The molecule has 1 amide bonds. The fourth-order valence-electron chi connectivity index (χ4n) is 1.61. The number of ether oxygens (including phenoxy) is 1. The molecule has 1 N–H and O–H groups in total. The number of amides is 1. The Balaban J connectivity index is 2.34. The van der Waals surface area contributed by atoms with E-state index in [1.54, 1.807) is 12.3 Å². The van der Waals surface area contributed by atoms with Gasteiger partial charge in [0.25, 0.3) is 5.91 Å². The van der Waals surface area contributed by atoms with Crippen molar-refractivity contribution >= 4 is 40.5 Å². The predicted molar refractivity (Wildman–Crippen MR) is 77.6 cm³/mol. The van der Waals surface area contributed by atoms with Crippen LogP contribution in [0.1, 0.15) is 25.6 Å². The summed E-state index contributed by atoms with van der Waals surface area (Å²) < 4.78 is 17.8. The fourth-order valence-corrected chi connectivity index (χ4v) is 2.72. The van der Waals surface area contributed by atoms with Crippen molar-refractivity contribution in [3.63, 3.8) is 0 Å². The number of hydrogen-bond acceptors (Lipinski definition) is 5. The van der Waals surface area contributed by atoms with E-state index in [-0.39, 0.29) is 15.6 Å². The highest BCUT2D eigenvalue weighted by atomic mass is 35.5. The van der Waals surface area contributed by atoms with Crippen molar-refractivity contribution in [3.05, 3.63) is 44.6 Å². The first-order valence-electron chi connectivity index (χ1n) is 5.72. The molecule has 8 heteroatoms. The average Bonchev–Trinajstić information content (AvgIpc) is 2.82. The molecule has 0 fully saturated rings. The Hall–Kier alpha value is -1.99. The summed E-state index contributed by atoms with van der Waals surface area (Å²) in [6, 6.07) is 0.976. The lowest BCUT2D eigenvalue weighted by Crippen LogP contribution is -2.16. The largest absolute Gasteiger partial charge is 0.465 e. The molecular formula is C13H10ClFN2O3S. The molecule has 2 rings (SSSR count). The van der Waals surface area contributed by atoms with Gasteiger partial charge < -0.3 is 10.1 Å². The van der Waals surface area contributed by atoms with Crippen molar-refractivity contribution in [2.24, 2.45) is 0 Å². The Kier molecular flexibility index (Phi) is 4.54. The number of halogens is 2. The van der Waals surface area contributed by atoms with Crippen LogP contribution in [0.4, 0.5) is 10.1 Å². The van der Waals surface area contributed by atoms with Crippen molar-refractivity contribution in [2.45, 2.75) is 6.92 Å². The zero-order chi connectivity index (χ0) is 15.6. The molecule has 110 valence electrons. The number of nitrogens with zero attached hydrogens (tertiary/aromatic N) is 1. The Labute approximate surface area is 128 Å². The van der Waals surface area contributed by atoms with E-state index in [2.05, 4.69) is 15.0 Å². The normalized spacial score (nSPS) is 10.3. The molecule has 0 aromatic carbocycles. The smallest absolute Gasteiger partial charge is 0.350 e. The maximum Gasteiger partial charge on any atom is 0.350 e. The lowest BCUT2D eigenvalue weighted by Gasteiger charge is -2.08. The fraction of sp³-hybridized carbons (Fsp3) is 0.154. The summed E-state index contributed by atoms with van der Waals surface area (Å²) in [4.78, 5) is 27.6. The van der Waals surface area contributed by atoms with E-state index in [4.69, 9.17) is 11.6 Å². The van der Waals surface area contributed by atoms with Crippen molar-refractivity contribution in [2.75, 3.05) is 12.4 Å². The van der Waals surface area contributed by atoms with Gasteiger partial charge in [0, 0.05) is 0 Å². The second kappa shape index (κ2) is 6.19. The topological polar surface area (TPSA) is 68.3 Å². The number of pyridine rings is 1. The van der Waals surface area contributed by atoms with Gasteiger partial charge in [-0.2, -0.15) is 0 Å². The van der Waals surface area contributed by atoms with E-state index < -0.39 is 17.7 Å². The third-order valence-corrected chi connectivity index (χ3v) is 4.01. The first-order chi connectivity index (χ1) is 9.93. The summed E-state index contributed by atoms with van der Waals surface area (Å²) in [6.45, 7) is 1.73. The number of thiophene rings is 1. The number of methoxy groups -OCH3 is 1. The van der Waals surface area contributed by atoms with Gasteiger partial charge in [0.15, 0.2) is 0 Å². The van der Waals surface area contributed by atoms with Gasteiger partial charge in [-0.05, 0) is 23.9 Å². The Morgan fingerprint density at radius 3 is 2.86 bits per heavy atom. The van der Waals surface area contributed by atoms with E-state index >= 15 is 0 Å². The van der Waals surface area contributed by atoms with Gasteiger partial charge >= 0.3 is 5.97 Å². The first-order valence-corrected chi connectivity index (χ1v) is 6.98. The maximum absolute atomic E-state index is 13.2. The number of hydrogen-bond donors (Lipinski definition) is 1. The Morgan fingerprint density at radius 2 is 2.19 bits per heavy atom. The number of aromatic nitrogens is 1. The molecular weight excluding hydrogens is 319 g/mol. The molecule has 0 radical (unpaired) electrons. The van der Waals surface area contributed by atoms with Crippen molar-refractivity contribution in [1.82, 2.24) is 4.98 Å². The van der Waals surface area contributed by atoms with Crippen LogP contribution >= 0.6 is 22.9 Å². The van der Waals surface area contributed by atoms with Gasteiger partial charge in [-0.15, -0.1) is 11.3 Å². The average molecular weight is 329 g/mol. The number of carbonyl (C=O) groups is 2. The molecule has 0 aliphatic heterocycles. The van der Waals surface area contributed by atoms with E-state index in [9.17, 15) is 14.0 Å². The second-order valence-electron chi connectivity index (χ2n) is 4.06. The van der Waals surface area contributed by atoms with E-state index in [0.717, 1.165) is 23.6 Å². The molecule has 0 aliphatic rings. The molecule has 21 heavy (non-hydrogen) atoms. The highest BCUT2D eigenvalue weighted by molar-refractivity contribution is 7.12. The van der Waals surface area contributed by atoms with Gasteiger partial charge in [0.05, 0.1) is 24.6 Å². The van der Waals surface area contributed by atoms with Crippen LogP contribution in [-0.4, -0.2) is 24.0 Å². The molecule has 2 heterocycles. The lowest BCUT2D eigenvalue weighted by molar-refractivity contribution is 0.0607. The molecule has 2 aromatic rings. The SMILES string of the molecule is COC(=O)c1scc(C)c1NC(=O)c1cc(F)cnc1Cl. The van der Waals surface area contributed by atoms with Crippen LogP contribution in [0, 0.1) is 12.7 Å². The van der Waals surface area contributed by atoms with Crippen LogP contribution in [0.2, 0.25) is 5.15 Å². The molecule has 0 unspecified atom stereocenters. The van der Waals surface area contributed by atoms with Gasteiger partial charge in [-0.25, -0.2) is 14.2 Å². The number of rotatable bonds is 3. The molecule has 2 aromatic heterocycles. The monoisotopic (exact) mass is 328 g/mol. The lowest BCUT2D eigenvalue weighted by atomic mass is 10.2. The Morgan fingerprint density at radius 1 is 1.48 bits per heavy atom.